The van der Waals surface area contributed by atoms with Crippen molar-refractivity contribution in [1.29, 1.82) is 0 Å². The van der Waals surface area contributed by atoms with Gasteiger partial charge in [-0.3, -0.25) is 19.6 Å². The van der Waals surface area contributed by atoms with Crippen LogP contribution < -0.4 is 10.6 Å². The molecule has 8 N–H and O–H groups in total. The lowest BCUT2D eigenvalue weighted by atomic mass is 9.83. The Kier molecular flexibility index (Phi) is 16.5. The summed E-state index contributed by atoms with van der Waals surface area (Å²) in [7, 11) is 0. The van der Waals surface area contributed by atoms with Crippen molar-refractivity contribution in [3.63, 3.8) is 0 Å². The number of phenolic OH excluding ortho intramolecular Hbond substituents is 6. The highest BCUT2D eigenvalue weighted by Gasteiger charge is 2.29. The first-order valence-corrected chi connectivity index (χ1v) is 23.3. The number of amides is 2. The summed E-state index contributed by atoms with van der Waals surface area (Å²) in [6, 6.07) is 22.6. The second-order valence-electron chi connectivity index (χ2n) is 17.9. The van der Waals surface area contributed by atoms with Crippen LogP contribution in [0.15, 0.2) is 82.8 Å². The predicted octanol–water partition coefficient (Wildman–Crippen LogP) is 11.7. The number of carbonyl (C=O) groups excluding carboxylic acids is 2. The molecule has 2 amide bonds. The monoisotopic (exact) mass is 908 g/mol. The Morgan fingerprint density at radius 3 is 1.43 bits per heavy atom. The Labute approximate surface area is 392 Å². The molecule has 0 aliphatic rings. The lowest BCUT2D eigenvalue weighted by Gasteiger charge is -2.23. The van der Waals surface area contributed by atoms with Crippen LogP contribution in [0.25, 0.3) is 32.7 Å². The maximum absolute atomic E-state index is 12.5. The number of fused-ring (bicyclic) bond motifs is 2. The first-order valence-electron chi connectivity index (χ1n) is 23.3. The number of phenols is 6. The zero-order valence-corrected chi connectivity index (χ0v) is 39.4. The molecule has 0 spiro atoms. The highest BCUT2D eigenvalue weighted by molar-refractivity contribution is 6.15. The van der Waals surface area contributed by atoms with Crippen LogP contribution in [0, 0.1) is 13.8 Å². The number of rotatable bonds is 20. The standard InChI is InChI=1S/C55H64N4O8/c1-32(2)44-38-27-34(5)46(52(64)48(38)40(50(62)54(44)66)30-56-25-17-9-15-23-42(60)58-29-36-19-11-7-12-20-36)47-35(6)28-39-45(33(3)4)55(67)51(63)41(49(39)53(47)65)31-57-26-18-10-16-24-43(61)59-37-21-13-8-14-22-37/h7-8,11-14,19-22,27-28,30-33,62-67H,9-10,15-18,23-26,29H2,1-6H3,(H,58,60)(H,59,61). The maximum atomic E-state index is 12.5. The van der Waals surface area contributed by atoms with Crippen molar-refractivity contribution in [2.75, 3.05) is 18.4 Å². The average Bonchev–Trinajstić information content (AvgIpc) is 3.29. The Bertz CT molecular complexity index is 2800. The fourth-order valence-corrected chi connectivity index (χ4v) is 8.90. The molecule has 0 bridgehead atoms. The minimum absolute atomic E-state index is 0.0242. The van der Waals surface area contributed by atoms with Crippen molar-refractivity contribution in [3.05, 3.63) is 112 Å². The van der Waals surface area contributed by atoms with E-state index in [4.69, 9.17) is 0 Å². The first kappa shape index (κ1) is 49.4. The summed E-state index contributed by atoms with van der Waals surface area (Å²) < 4.78 is 0. The molecule has 6 rings (SSSR count). The Hall–Kier alpha value is -7.08. The van der Waals surface area contributed by atoms with Crippen LogP contribution in [0.2, 0.25) is 0 Å². The number of hydrogen-bond acceptors (Lipinski definition) is 10. The number of hydrogen-bond donors (Lipinski definition) is 8. The quantitative estimate of drug-likeness (QED) is 0.0210. The molecule has 0 atom stereocenters. The normalized spacial score (nSPS) is 11.8. The van der Waals surface area contributed by atoms with Crippen LogP contribution in [-0.4, -0.2) is 68.0 Å². The number of anilines is 1. The van der Waals surface area contributed by atoms with Gasteiger partial charge >= 0.3 is 0 Å². The SMILES string of the molecule is Cc1cc2c(C(C)C)c(O)c(O)c(C=NCCCCCC(=O)NCc3ccccc3)c2c(O)c1-c1c(C)cc2c(C(C)C)c(O)c(O)c(C=NCCCCCC(=O)Nc3ccccc3)c2c1O. The van der Waals surface area contributed by atoms with Crippen LogP contribution in [0.3, 0.4) is 0 Å². The lowest BCUT2D eigenvalue weighted by Crippen LogP contribution is -2.22. The molecule has 352 valence electrons. The molecule has 0 radical (unpaired) electrons. The summed E-state index contributed by atoms with van der Waals surface area (Å²) in [4.78, 5) is 34.0. The third-order valence-electron chi connectivity index (χ3n) is 12.2. The third kappa shape index (κ3) is 11.3. The van der Waals surface area contributed by atoms with Crippen molar-refractivity contribution in [2.24, 2.45) is 9.98 Å². The molecule has 0 saturated carbocycles. The molecule has 0 fully saturated rings. The molecule has 0 saturated heterocycles. The van der Waals surface area contributed by atoms with Gasteiger partial charge in [-0.05, 0) is 91.0 Å². The fraction of sp³-hybridized carbons (Fsp3) is 0.345. The lowest BCUT2D eigenvalue weighted by molar-refractivity contribution is -0.121. The van der Waals surface area contributed by atoms with Crippen LogP contribution >= 0.6 is 0 Å². The van der Waals surface area contributed by atoms with Gasteiger partial charge in [0.25, 0.3) is 0 Å². The fourth-order valence-electron chi connectivity index (χ4n) is 8.90. The predicted molar refractivity (Wildman–Crippen MR) is 270 cm³/mol. The number of nitrogens with zero attached hydrogens (tertiary/aromatic N) is 2. The van der Waals surface area contributed by atoms with Crippen molar-refractivity contribution >= 4 is 51.5 Å². The summed E-state index contributed by atoms with van der Waals surface area (Å²) in [5.74, 6) is -2.58. The topological polar surface area (TPSA) is 204 Å². The minimum atomic E-state index is -0.436. The molecular formula is C55H64N4O8. The Balaban J connectivity index is 1.30. The smallest absolute Gasteiger partial charge is 0.224 e. The molecule has 6 aromatic carbocycles. The van der Waals surface area contributed by atoms with Gasteiger partial charge in [-0.15, -0.1) is 0 Å². The molecule has 0 heterocycles. The Morgan fingerprint density at radius 1 is 0.552 bits per heavy atom. The van der Waals surface area contributed by atoms with Crippen LogP contribution in [-0.2, 0) is 16.1 Å². The first-order chi connectivity index (χ1) is 32.1. The zero-order chi connectivity index (χ0) is 48.4. The van der Waals surface area contributed by atoms with Crippen LogP contribution in [0.5, 0.6) is 34.5 Å². The summed E-state index contributed by atoms with van der Waals surface area (Å²) in [5.41, 5.74) is 4.59. The molecular weight excluding hydrogens is 845 g/mol. The van der Waals surface area contributed by atoms with Gasteiger partial charge in [0.1, 0.15) is 11.5 Å². The van der Waals surface area contributed by atoms with E-state index in [1.54, 1.807) is 13.8 Å². The minimum Gasteiger partial charge on any atom is -0.507 e. The molecule has 12 nitrogen and oxygen atoms in total. The number of unbranched alkanes of at least 4 members (excludes halogenated alkanes) is 4. The molecule has 0 aliphatic heterocycles. The molecule has 0 unspecified atom stereocenters. The highest BCUT2D eigenvalue weighted by atomic mass is 16.3. The zero-order valence-electron chi connectivity index (χ0n) is 39.4. The summed E-state index contributed by atoms with van der Waals surface area (Å²) in [5, 5.41) is 78.1. The number of para-hydroxylation sites is 1. The van der Waals surface area contributed by atoms with Gasteiger partial charge in [0.05, 0.1) is 0 Å². The van der Waals surface area contributed by atoms with Gasteiger partial charge in [-0.25, -0.2) is 0 Å². The third-order valence-corrected chi connectivity index (χ3v) is 12.2. The molecule has 0 aromatic heterocycles. The van der Waals surface area contributed by atoms with Gasteiger partial charge < -0.3 is 41.3 Å². The van der Waals surface area contributed by atoms with Gasteiger partial charge in [-0.2, -0.15) is 0 Å². The van der Waals surface area contributed by atoms with Gasteiger partial charge in [0, 0.05) is 94.7 Å². The van der Waals surface area contributed by atoms with Gasteiger partial charge in [0.15, 0.2) is 23.0 Å². The number of aryl methyl sites for hydroxylation is 2. The number of aliphatic imine (C=N–C) groups is 2. The second kappa shape index (κ2) is 22.4. The van der Waals surface area contributed by atoms with Crippen LogP contribution in [0.1, 0.15) is 130 Å². The molecule has 0 aliphatic carbocycles. The number of benzene rings is 6. The van der Waals surface area contributed by atoms with Crippen molar-refractivity contribution < 1.29 is 40.2 Å². The van der Waals surface area contributed by atoms with E-state index in [-0.39, 0.29) is 79.7 Å². The number of carbonyl (C=O) groups is 2. The molecule has 6 aromatic rings. The summed E-state index contributed by atoms with van der Waals surface area (Å²) in [6.07, 6.45) is 7.76. The molecule has 67 heavy (non-hydrogen) atoms. The van der Waals surface area contributed by atoms with E-state index in [0.29, 0.717) is 91.2 Å². The van der Waals surface area contributed by atoms with E-state index < -0.39 is 11.5 Å². The second-order valence-corrected chi connectivity index (χ2v) is 17.9. The van der Waals surface area contributed by atoms with Gasteiger partial charge in [-0.1, -0.05) is 101 Å². The number of aromatic hydroxyl groups is 6. The van der Waals surface area contributed by atoms with Crippen molar-refractivity contribution in [3.8, 4) is 45.6 Å². The van der Waals surface area contributed by atoms with Crippen molar-refractivity contribution in [1.82, 2.24) is 5.32 Å². The maximum Gasteiger partial charge on any atom is 0.224 e. The van der Waals surface area contributed by atoms with E-state index in [1.165, 1.54) is 12.4 Å². The average molecular weight is 909 g/mol. The van der Waals surface area contributed by atoms with E-state index >= 15 is 0 Å². The van der Waals surface area contributed by atoms with Crippen LogP contribution in [0.4, 0.5) is 5.69 Å². The summed E-state index contributed by atoms with van der Waals surface area (Å²) >= 11 is 0. The van der Waals surface area contributed by atoms with Gasteiger partial charge in [0.2, 0.25) is 11.8 Å². The highest BCUT2D eigenvalue weighted by Crippen LogP contribution is 2.54. The largest absolute Gasteiger partial charge is 0.507 e. The number of nitrogens with one attached hydrogen (secondary N) is 2. The summed E-state index contributed by atoms with van der Waals surface area (Å²) in [6.45, 7) is 12.3. The van der Waals surface area contributed by atoms with E-state index in [2.05, 4.69) is 20.6 Å². The van der Waals surface area contributed by atoms with E-state index in [1.807, 2.05) is 100 Å². The molecule has 12 heteroatoms. The van der Waals surface area contributed by atoms with E-state index in [9.17, 15) is 40.2 Å². The van der Waals surface area contributed by atoms with E-state index in [0.717, 1.165) is 24.1 Å². The van der Waals surface area contributed by atoms with Crippen molar-refractivity contribution in [2.45, 2.75) is 111 Å². The Morgan fingerprint density at radius 2 is 0.985 bits per heavy atom.